The number of likely N-dealkylation sites (tertiary alicyclic amines) is 1. The molecule has 0 aliphatic carbocycles. The molecule has 100 valence electrons. The smallest absolute Gasteiger partial charge is 0.213 e. The van der Waals surface area contributed by atoms with Gasteiger partial charge in [-0.05, 0) is 39.7 Å². The van der Waals surface area contributed by atoms with E-state index in [1.54, 1.807) is 6.20 Å². The lowest BCUT2D eigenvalue weighted by Crippen LogP contribution is -2.48. The molecule has 0 atom stereocenters. The van der Waals surface area contributed by atoms with Crippen molar-refractivity contribution in [1.82, 2.24) is 9.88 Å². The van der Waals surface area contributed by atoms with Gasteiger partial charge in [0.2, 0.25) is 5.88 Å². The molecule has 0 spiro atoms. The van der Waals surface area contributed by atoms with Crippen LogP contribution in [0, 0.1) is 0 Å². The van der Waals surface area contributed by atoms with Crippen molar-refractivity contribution in [2.45, 2.75) is 45.3 Å². The Labute approximate surface area is 109 Å². The van der Waals surface area contributed by atoms with E-state index in [2.05, 4.69) is 30.7 Å². The molecule has 2 heterocycles. The van der Waals surface area contributed by atoms with Gasteiger partial charge in [-0.1, -0.05) is 0 Å². The molecule has 0 bridgehead atoms. The molecule has 2 N–H and O–H groups in total. The van der Waals surface area contributed by atoms with Crippen molar-refractivity contribution < 1.29 is 4.74 Å². The zero-order valence-corrected chi connectivity index (χ0v) is 11.5. The predicted molar refractivity (Wildman–Crippen MR) is 73.6 cm³/mol. The van der Waals surface area contributed by atoms with Crippen LogP contribution in [0.2, 0.25) is 0 Å². The fourth-order valence-electron chi connectivity index (χ4n) is 2.28. The molecule has 2 rings (SSSR count). The van der Waals surface area contributed by atoms with Gasteiger partial charge in [-0.25, -0.2) is 4.98 Å². The van der Waals surface area contributed by atoms with Gasteiger partial charge in [0.15, 0.2) is 0 Å². The average molecular weight is 249 g/mol. The fourth-order valence-corrected chi connectivity index (χ4v) is 2.28. The van der Waals surface area contributed by atoms with Crippen molar-refractivity contribution in [3.8, 4) is 5.88 Å². The van der Waals surface area contributed by atoms with Crippen molar-refractivity contribution in [3.05, 3.63) is 18.3 Å². The number of hydrogen-bond donors (Lipinski definition) is 1. The Morgan fingerprint density at radius 1 is 1.28 bits per heavy atom. The Kier molecular flexibility index (Phi) is 3.76. The SMILES string of the molecule is CC(C)(C)N1CCC(Oc2ccc(N)cn2)CC1. The Bertz CT molecular complexity index is 375. The zero-order valence-electron chi connectivity index (χ0n) is 11.5. The quantitative estimate of drug-likeness (QED) is 0.874. The summed E-state index contributed by atoms with van der Waals surface area (Å²) in [5.74, 6) is 0.679. The van der Waals surface area contributed by atoms with Crippen LogP contribution in [0.5, 0.6) is 5.88 Å². The highest BCUT2D eigenvalue weighted by molar-refractivity contribution is 5.36. The third-order valence-electron chi connectivity index (χ3n) is 3.44. The van der Waals surface area contributed by atoms with Gasteiger partial charge in [-0.15, -0.1) is 0 Å². The number of pyridine rings is 1. The third-order valence-corrected chi connectivity index (χ3v) is 3.44. The molecule has 1 fully saturated rings. The Balaban J connectivity index is 1.85. The van der Waals surface area contributed by atoms with E-state index in [0.29, 0.717) is 11.6 Å². The topological polar surface area (TPSA) is 51.4 Å². The van der Waals surface area contributed by atoms with E-state index in [1.807, 2.05) is 12.1 Å². The van der Waals surface area contributed by atoms with E-state index in [0.717, 1.165) is 25.9 Å². The molecule has 1 aromatic heterocycles. The number of anilines is 1. The molecule has 1 saturated heterocycles. The first-order chi connectivity index (χ1) is 8.45. The molecule has 1 aliphatic rings. The highest BCUT2D eigenvalue weighted by atomic mass is 16.5. The first-order valence-electron chi connectivity index (χ1n) is 6.58. The summed E-state index contributed by atoms with van der Waals surface area (Å²) in [6.45, 7) is 8.95. The highest BCUT2D eigenvalue weighted by Gasteiger charge is 2.27. The van der Waals surface area contributed by atoms with Gasteiger partial charge in [0.1, 0.15) is 6.10 Å². The van der Waals surface area contributed by atoms with E-state index in [1.165, 1.54) is 0 Å². The van der Waals surface area contributed by atoms with Crippen LogP contribution in [0.1, 0.15) is 33.6 Å². The van der Waals surface area contributed by atoms with E-state index in [9.17, 15) is 0 Å². The minimum atomic E-state index is 0.254. The molecular weight excluding hydrogens is 226 g/mol. The fraction of sp³-hybridized carbons (Fsp3) is 0.643. The summed E-state index contributed by atoms with van der Waals surface area (Å²) in [5, 5.41) is 0. The lowest BCUT2D eigenvalue weighted by molar-refractivity contribution is 0.0472. The molecular formula is C14H23N3O. The number of nitrogens with two attached hydrogens (primary N) is 1. The molecule has 1 aromatic rings. The lowest BCUT2D eigenvalue weighted by atomic mass is 9.99. The summed E-state index contributed by atoms with van der Waals surface area (Å²) in [5.41, 5.74) is 6.53. The number of piperidine rings is 1. The molecule has 1 aliphatic heterocycles. The Morgan fingerprint density at radius 2 is 1.94 bits per heavy atom. The van der Waals surface area contributed by atoms with Crippen LogP contribution in [0.4, 0.5) is 5.69 Å². The van der Waals surface area contributed by atoms with E-state index >= 15 is 0 Å². The minimum Gasteiger partial charge on any atom is -0.474 e. The number of ether oxygens (including phenoxy) is 1. The molecule has 4 nitrogen and oxygen atoms in total. The van der Waals surface area contributed by atoms with Gasteiger partial charge in [-0.2, -0.15) is 0 Å². The lowest BCUT2D eigenvalue weighted by Gasteiger charge is -2.40. The van der Waals surface area contributed by atoms with Gasteiger partial charge in [0, 0.05) is 24.7 Å². The van der Waals surface area contributed by atoms with Crippen LogP contribution < -0.4 is 10.5 Å². The maximum absolute atomic E-state index is 5.88. The van der Waals surface area contributed by atoms with E-state index in [4.69, 9.17) is 10.5 Å². The molecule has 0 unspecified atom stereocenters. The van der Waals surface area contributed by atoms with Gasteiger partial charge < -0.3 is 10.5 Å². The second-order valence-electron chi connectivity index (χ2n) is 5.90. The summed E-state index contributed by atoms with van der Waals surface area (Å²) in [6, 6.07) is 3.66. The van der Waals surface area contributed by atoms with Crippen molar-refractivity contribution in [3.63, 3.8) is 0 Å². The number of aromatic nitrogens is 1. The maximum atomic E-state index is 5.88. The standard InChI is InChI=1S/C14H23N3O/c1-14(2,3)17-8-6-12(7-9-17)18-13-5-4-11(15)10-16-13/h4-5,10,12H,6-9,15H2,1-3H3. The second-order valence-corrected chi connectivity index (χ2v) is 5.90. The second kappa shape index (κ2) is 5.14. The van der Waals surface area contributed by atoms with Gasteiger partial charge in [-0.3, -0.25) is 4.90 Å². The number of hydrogen-bond acceptors (Lipinski definition) is 4. The normalized spacial score (nSPS) is 18.8. The predicted octanol–water partition coefficient (Wildman–Crippen LogP) is 2.31. The van der Waals surface area contributed by atoms with E-state index in [-0.39, 0.29) is 11.6 Å². The van der Waals surface area contributed by atoms with Crippen molar-refractivity contribution in [1.29, 1.82) is 0 Å². The molecule has 0 saturated carbocycles. The Hall–Kier alpha value is -1.29. The summed E-state index contributed by atoms with van der Waals surface area (Å²) < 4.78 is 5.88. The number of nitrogen functional groups attached to an aromatic ring is 1. The van der Waals surface area contributed by atoms with Gasteiger partial charge in [0.25, 0.3) is 0 Å². The molecule has 18 heavy (non-hydrogen) atoms. The monoisotopic (exact) mass is 249 g/mol. The molecule has 0 aromatic carbocycles. The van der Waals surface area contributed by atoms with Crippen LogP contribution in [-0.4, -0.2) is 34.6 Å². The van der Waals surface area contributed by atoms with Crippen molar-refractivity contribution in [2.75, 3.05) is 18.8 Å². The summed E-state index contributed by atoms with van der Waals surface area (Å²) >= 11 is 0. The van der Waals surface area contributed by atoms with E-state index < -0.39 is 0 Å². The summed E-state index contributed by atoms with van der Waals surface area (Å²) in [4.78, 5) is 6.68. The summed E-state index contributed by atoms with van der Waals surface area (Å²) in [7, 11) is 0. The molecule has 4 heteroatoms. The van der Waals surface area contributed by atoms with Crippen molar-refractivity contribution >= 4 is 5.69 Å². The van der Waals surface area contributed by atoms with Crippen LogP contribution in [-0.2, 0) is 0 Å². The van der Waals surface area contributed by atoms with Gasteiger partial charge in [0.05, 0.1) is 11.9 Å². The largest absolute Gasteiger partial charge is 0.474 e. The first-order valence-corrected chi connectivity index (χ1v) is 6.58. The van der Waals surface area contributed by atoms with Crippen LogP contribution in [0.15, 0.2) is 18.3 Å². The molecule has 0 radical (unpaired) electrons. The highest BCUT2D eigenvalue weighted by Crippen LogP contribution is 2.22. The Morgan fingerprint density at radius 3 is 2.44 bits per heavy atom. The zero-order chi connectivity index (χ0) is 13.2. The first kappa shape index (κ1) is 13.1. The van der Waals surface area contributed by atoms with Crippen LogP contribution in [0.3, 0.4) is 0 Å². The maximum Gasteiger partial charge on any atom is 0.213 e. The van der Waals surface area contributed by atoms with Crippen molar-refractivity contribution in [2.24, 2.45) is 0 Å². The summed E-state index contributed by atoms with van der Waals surface area (Å²) in [6.07, 6.45) is 4.03. The molecule has 0 amide bonds. The van der Waals surface area contributed by atoms with Crippen LogP contribution in [0.25, 0.3) is 0 Å². The number of rotatable bonds is 2. The average Bonchev–Trinajstić information content (AvgIpc) is 2.32. The third kappa shape index (κ3) is 3.35. The number of nitrogens with zero attached hydrogens (tertiary/aromatic N) is 2. The van der Waals surface area contributed by atoms with Gasteiger partial charge >= 0.3 is 0 Å². The minimum absolute atomic E-state index is 0.254. The van der Waals surface area contributed by atoms with Crippen LogP contribution >= 0.6 is 0 Å².